The Morgan fingerprint density at radius 3 is 2.85 bits per heavy atom. The first-order valence-electron chi connectivity index (χ1n) is 6.71. The lowest BCUT2D eigenvalue weighted by Gasteiger charge is -2.27. The van der Waals surface area contributed by atoms with Crippen LogP contribution in [0, 0.1) is 0 Å². The molecular weight excluding hydrogens is 322 g/mol. The van der Waals surface area contributed by atoms with Crippen LogP contribution in [0.15, 0.2) is 22.7 Å². The van der Waals surface area contributed by atoms with Crippen LogP contribution in [-0.4, -0.2) is 43.8 Å². The molecule has 2 atom stereocenters. The third-order valence-electron chi connectivity index (χ3n) is 3.80. The zero-order valence-electron chi connectivity index (χ0n) is 12.1. The number of carbonyl (C=O) groups excluding carboxylic acids is 1. The number of esters is 1. The molecule has 0 amide bonds. The van der Waals surface area contributed by atoms with E-state index in [1.165, 1.54) is 7.11 Å². The van der Waals surface area contributed by atoms with Gasteiger partial charge >= 0.3 is 5.97 Å². The maximum absolute atomic E-state index is 11.5. The predicted molar refractivity (Wildman–Crippen MR) is 80.8 cm³/mol. The van der Waals surface area contributed by atoms with Crippen molar-refractivity contribution < 1.29 is 14.3 Å². The molecule has 0 spiro atoms. The highest BCUT2D eigenvalue weighted by Crippen LogP contribution is 2.24. The Morgan fingerprint density at radius 1 is 1.55 bits per heavy atom. The van der Waals surface area contributed by atoms with Crippen LogP contribution < -0.4 is 0 Å². The Bertz CT molecular complexity index is 492. The summed E-state index contributed by atoms with van der Waals surface area (Å²) in [5.74, 6) is -0.316. The highest BCUT2D eigenvalue weighted by molar-refractivity contribution is 9.10. The van der Waals surface area contributed by atoms with Gasteiger partial charge in [-0.1, -0.05) is 22.0 Å². The molecule has 0 N–H and O–H groups in total. The molecule has 1 saturated heterocycles. The van der Waals surface area contributed by atoms with Gasteiger partial charge in [-0.05, 0) is 38.1 Å². The summed E-state index contributed by atoms with van der Waals surface area (Å²) in [6.07, 6.45) is 1.34. The maximum Gasteiger partial charge on any atom is 0.337 e. The van der Waals surface area contributed by atoms with Gasteiger partial charge in [0.2, 0.25) is 0 Å². The summed E-state index contributed by atoms with van der Waals surface area (Å²) in [5.41, 5.74) is 1.71. The van der Waals surface area contributed by atoms with Crippen LogP contribution in [0.2, 0.25) is 0 Å². The molecule has 0 radical (unpaired) electrons. The molecule has 1 aromatic rings. The Hall–Kier alpha value is -0.910. The second-order valence-electron chi connectivity index (χ2n) is 5.14. The molecule has 1 aliphatic heterocycles. The number of methoxy groups -OCH3 is 1. The summed E-state index contributed by atoms with van der Waals surface area (Å²) in [6, 6.07) is 6.02. The lowest BCUT2D eigenvalue weighted by atomic mass is 10.1. The van der Waals surface area contributed by atoms with E-state index >= 15 is 0 Å². The molecule has 4 nitrogen and oxygen atoms in total. The maximum atomic E-state index is 11.5. The van der Waals surface area contributed by atoms with E-state index in [9.17, 15) is 4.79 Å². The van der Waals surface area contributed by atoms with E-state index in [1.54, 1.807) is 6.07 Å². The van der Waals surface area contributed by atoms with Gasteiger partial charge in [0.15, 0.2) is 0 Å². The van der Waals surface area contributed by atoms with Crippen molar-refractivity contribution in [1.82, 2.24) is 4.90 Å². The third-order valence-corrected chi connectivity index (χ3v) is 4.53. The minimum atomic E-state index is -0.316. The van der Waals surface area contributed by atoms with Crippen LogP contribution in [0.1, 0.15) is 29.3 Å². The molecule has 1 heterocycles. The summed E-state index contributed by atoms with van der Waals surface area (Å²) in [7, 11) is 3.50. The molecule has 2 rings (SSSR count). The molecule has 0 saturated carbocycles. The fourth-order valence-corrected chi connectivity index (χ4v) is 3.11. The molecule has 0 bridgehead atoms. The summed E-state index contributed by atoms with van der Waals surface area (Å²) >= 11 is 3.53. The third kappa shape index (κ3) is 3.40. The Balaban J connectivity index is 2.08. The van der Waals surface area contributed by atoms with E-state index in [2.05, 4.69) is 34.8 Å². The smallest absolute Gasteiger partial charge is 0.337 e. The van der Waals surface area contributed by atoms with Gasteiger partial charge in [-0.3, -0.25) is 4.90 Å². The summed E-state index contributed by atoms with van der Waals surface area (Å²) in [5, 5.41) is 0. The van der Waals surface area contributed by atoms with Crippen molar-refractivity contribution in [2.75, 3.05) is 20.8 Å². The van der Waals surface area contributed by atoms with Gasteiger partial charge in [-0.2, -0.15) is 0 Å². The first-order valence-corrected chi connectivity index (χ1v) is 7.51. The van der Waals surface area contributed by atoms with Gasteiger partial charge in [-0.15, -0.1) is 0 Å². The normalized spacial score (nSPS) is 22.2. The topological polar surface area (TPSA) is 38.8 Å². The van der Waals surface area contributed by atoms with Crippen molar-refractivity contribution in [2.45, 2.75) is 32.0 Å². The number of carbonyl (C=O) groups is 1. The molecular formula is C15H20BrNO3. The number of likely N-dealkylation sites (N-methyl/N-ethyl adjacent to an activating group) is 1. The Labute approximate surface area is 128 Å². The van der Waals surface area contributed by atoms with Crippen LogP contribution in [0.3, 0.4) is 0 Å². The second kappa shape index (κ2) is 6.70. The number of benzene rings is 1. The van der Waals surface area contributed by atoms with Gasteiger partial charge in [0, 0.05) is 23.7 Å². The standard InChI is InChI=1S/C15H20BrNO3/c1-10-14(6-7-20-10)17(2)9-12-5-4-11(8-13(12)16)15(18)19-3/h4-5,8,10,14H,6-7,9H2,1-3H3. The lowest BCUT2D eigenvalue weighted by Crippen LogP contribution is -2.36. The first-order chi connectivity index (χ1) is 9.52. The molecule has 5 heteroatoms. The van der Waals surface area contributed by atoms with Crippen molar-refractivity contribution in [3.8, 4) is 0 Å². The van der Waals surface area contributed by atoms with Crippen molar-refractivity contribution in [2.24, 2.45) is 0 Å². The van der Waals surface area contributed by atoms with Crippen molar-refractivity contribution in [1.29, 1.82) is 0 Å². The van der Waals surface area contributed by atoms with Crippen LogP contribution in [0.25, 0.3) is 0 Å². The minimum absolute atomic E-state index is 0.271. The van der Waals surface area contributed by atoms with Crippen molar-refractivity contribution in [3.05, 3.63) is 33.8 Å². The number of rotatable bonds is 4. The van der Waals surface area contributed by atoms with Gasteiger partial charge in [0.25, 0.3) is 0 Å². The van der Waals surface area contributed by atoms with Gasteiger partial charge in [0.05, 0.1) is 18.8 Å². The van der Waals surface area contributed by atoms with E-state index in [0.717, 1.165) is 29.6 Å². The average Bonchev–Trinajstić information content (AvgIpc) is 2.86. The Morgan fingerprint density at radius 2 is 2.30 bits per heavy atom. The van der Waals surface area contributed by atoms with Gasteiger partial charge in [-0.25, -0.2) is 4.79 Å². The molecule has 1 aromatic carbocycles. The molecule has 110 valence electrons. The minimum Gasteiger partial charge on any atom is -0.465 e. The SMILES string of the molecule is COC(=O)c1ccc(CN(C)C2CCOC2C)c(Br)c1. The van der Waals surface area contributed by atoms with Crippen LogP contribution in [0.4, 0.5) is 0 Å². The predicted octanol–water partition coefficient (Wildman–Crippen LogP) is 2.84. The van der Waals surface area contributed by atoms with Crippen LogP contribution in [0.5, 0.6) is 0 Å². The van der Waals surface area contributed by atoms with Crippen molar-refractivity contribution in [3.63, 3.8) is 0 Å². The quantitative estimate of drug-likeness (QED) is 0.789. The molecule has 1 fully saturated rings. The van der Waals surface area contributed by atoms with Crippen molar-refractivity contribution >= 4 is 21.9 Å². The highest BCUT2D eigenvalue weighted by Gasteiger charge is 2.28. The van der Waals surface area contributed by atoms with E-state index in [0.29, 0.717) is 11.6 Å². The number of hydrogen-bond donors (Lipinski definition) is 0. The average molecular weight is 342 g/mol. The van der Waals surface area contributed by atoms with E-state index in [1.807, 2.05) is 12.1 Å². The monoisotopic (exact) mass is 341 g/mol. The van der Waals surface area contributed by atoms with Gasteiger partial charge < -0.3 is 9.47 Å². The molecule has 2 unspecified atom stereocenters. The fraction of sp³-hybridized carbons (Fsp3) is 0.533. The van der Waals surface area contributed by atoms with E-state index < -0.39 is 0 Å². The summed E-state index contributed by atoms with van der Waals surface area (Å²) in [4.78, 5) is 13.8. The lowest BCUT2D eigenvalue weighted by molar-refractivity contribution is 0.0600. The first kappa shape index (κ1) is 15.5. The van der Waals surface area contributed by atoms with E-state index in [4.69, 9.17) is 9.47 Å². The number of hydrogen-bond acceptors (Lipinski definition) is 4. The molecule has 0 aliphatic carbocycles. The largest absolute Gasteiger partial charge is 0.465 e. The van der Waals surface area contributed by atoms with Gasteiger partial charge in [0.1, 0.15) is 0 Å². The summed E-state index contributed by atoms with van der Waals surface area (Å²) in [6.45, 7) is 3.77. The Kier molecular flexibility index (Phi) is 5.18. The zero-order valence-corrected chi connectivity index (χ0v) is 13.6. The number of nitrogens with zero attached hydrogens (tertiary/aromatic N) is 1. The highest BCUT2D eigenvalue weighted by atomic mass is 79.9. The van der Waals surface area contributed by atoms with Crippen LogP contribution >= 0.6 is 15.9 Å². The summed E-state index contributed by atoms with van der Waals surface area (Å²) < 4.78 is 11.3. The molecule has 1 aliphatic rings. The van der Waals surface area contributed by atoms with E-state index in [-0.39, 0.29) is 12.1 Å². The fourth-order valence-electron chi connectivity index (χ4n) is 2.61. The second-order valence-corrected chi connectivity index (χ2v) is 6.00. The number of ether oxygens (including phenoxy) is 2. The number of halogens is 1. The zero-order chi connectivity index (χ0) is 14.7. The molecule has 20 heavy (non-hydrogen) atoms. The van der Waals surface area contributed by atoms with Crippen LogP contribution in [-0.2, 0) is 16.0 Å². The molecule has 0 aromatic heterocycles.